The molecule has 1 saturated heterocycles. The molecule has 4 atom stereocenters. The second-order valence-electron chi connectivity index (χ2n) is 8.36. The Morgan fingerprint density at radius 1 is 1.12 bits per heavy atom. The molecular weight excluding hydrogens is 573 g/mol. The van der Waals surface area contributed by atoms with Crippen molar-refractivity contribution in [2.24, 2.45) is 28.8 Å². The number of amides is 3. The van der Waals surface area contributed by atoms with E-state index in [0.29, 0.717) is 20.3 Å². The van der Waals surface area contributed by atoms with Crippen LogP contribution in [-0.4, -0.2) is 35.6 Å². The first kappa shape index (κ1) is 22.9. The number of halogens is 3. The van der Waals surface area contributed by atoms with E-state index in [0.717, 1.165) is 11.4 Å². The van der Waals surface area contributed by atoms with Crippen molar-refractivity contribution >= 4 is 61.5 Å². The quantitative estimate of drug-likeness (QED) is 0.305. The normalized spacial score (nSPS) is 24.9. The van der Waals surface area contributed by atoms with Gasteiger partial charge >= 0.3 is 0 Å². The summed E-state index contributed by atoms with van der Waals surface area (Å²) in [5.74, 6) is -1.54. The van der Waals surface area contributed by atoms with Crippen LogP contribution in [0, 0.1) is 29.5 Å². The average molecular weight is 591 g/mol. The zero-order valence-corrected chi connectivity index (χ0v) is 20.8. The fraction of sp³-hybridized carbons (Fsp3) is 0.250. The van der Waals surface area contributed by atoms with E-state index in [1.807, 2.05) is 12.2 Å². The molecule has 0 radical (unpaired) electrons. The largest absolute Gasteiger partial charge is 0.481 e. The van der Waals surface area contributed by atoms with Crippen molar-refractivity contribution in [3.63, 3.8) is 0 Å². The number of rotatable bonds is 6. The van der Waals surface area contributed by atoms with Crippen LogP contribution in [0.3, 0.4) is 0 Å². The number of hydrogen-bond acceptors (Lipinski definition) is 5. The number of fused-ring (bicyclic) bond motifs is 5. The molecule has 1 N–H and O–H groups in total. The van der Waals surface area contributed by atoms with Gasteiger partial charge in [0.25, 0.3) is 17.7 Å². The highest BCUT2D eigenvalue weighted by molar-refractivity contribution is 9.11. The molecule has 2 aromatic rings. The molecule has 2 bridgehead atoms. The molecule has 0 unspecified atom stereocenters. The number of para-hydroxylation sites is 1. The Kier molecular flexibility index (Phi) is 6.11. The molecule has 3 amide bonds. The first-order chi connectivity index (χ1) is 16.3. The third-order valence-electron chi connectivity index (χ3n) is 6.29. The lowest BCUT2D eigenvalue weighted by Gasteiger charge is -2.13. The maximum Gasteiger partial charge on any atom is 0.262 e. The lowest BCUT2D eigenvalue weighted by molar-refractivity contribution is -0.140. The van der Waals surface area contributed by atoms with E-state index in [9.17, 15) is 18.8 Å². The third kappa shape index (κ3) is 4.09. The van der Waals surface area contributed by atoms with Crippen LogP contribution in [-0.2, 0) is 14.4 Å². The van der Waals surface area contributed by atoms with Crippen LogP contribution in [0.5, 0.6) is 5.75 Å². The smallest absolute Gasteiger partial charge is 0.262 e. The summed E-state index contributed by atoms with van der Waals surface area (Å²) in [6.45, 7) is -0.338. The fourth-order valence-corrected chi connectivity index (χ4v) is 6.25. The standard InChI is InChI=1S/C24H18Br2FN3O4/c25-15-7-12(10-28-30-23(32)20-13-5-6-14(9-13)21(20)24(30)33)8-16(26)22(15)34-11-19(31)29-18-4-2-1-3-17(18)27/h1-8,10,13-14,20-21H,9,11H2,(H,29,31)/t13-,14-,20-,21+/m0/s1. The van der Waals surface area contributed by atoms with Gasteiger partial charge in [0.05, 0.1) is 32.7 Å². The molecule has 1 saturated carbocycles. The Hall–Kier alpha value is -2.85. The number of nitrogens with zero attached hydrogens (tertiary/aromatic N) is 2. The predicted molar refractivity (Wildman–Crippen MR) is 130 cm³/mol. The minimum Gasteiger partial charge on any atom is -0.481 e. The molecule has 174 valence electrons. The van der Waals surface area contributed by atoms with Gasteiger partial charge < -0.3 is 10.1 Å². The van der Waals surface area contributed by atoms with Gasteiger partial charge in [-0.05, 0) is 79.9 Å². The van der Waals surface area contributed by atoms with Gasteiger partial charge in [-0.3, -0.25) is 14.4 Å². The van der Waals surface area contributed by atoms with Crippen LogP contribution >= 0.6 is 31.9 Å². The third-order valence-corrected chi connectivity index (χ3v) is 7.46. The van der Waals surface area contributed by atoms with Crippen molar-refractivity contribution < 1.29 is 23.5 Å². The molecule has 0 spiro atoms. The van der Waals surface area contributed by atoms with E-state index >= 15 is 0 Å². The van der Waals surface area contributed by atoms with Gasteiger partial charge in [0.2, 0.25) is 0 Å². The molecule has 2 aromatic carbocycles. The van der Waals surface area contributed by atoms with Crippen molar-refractivity contribution in [2.45, 2.75) is 6.42 Å². The molecule has 7 nitrogen and oxygen atoms in total. The molecule has 5 rings (SSSR count). The van der Waals surface area contributed by atoms with Crippen LogP contribution in [0.2, 0.25) is 0 Å². The lowest BCUT2D eigenvalue weighted by Crippen LogP contribution is -2.28. The first-order valence-electron chi connectivity index (χ1n) is 10.6. The summed E-state index contributed by atoms with van der Waals surface area (Å²) < 4.78 is 20.3. The van der Waals surface area contributed by atoms with Crippen LogP contribution in [0.1, 0.15) is 12.0 Å². The van der Waals surface area contributed by atoms with Gasteiger partial charge in [-0.15, -0.1) is 0 Å². The Labute approximate surface area is 211 Å². The summed E-state index contributed by atoms with van der Waals surface area (Å²) in [5, 5.41) is 7.62. The van der Waals surface area contributed by atoms with E-state index in [1.165, 1.54) is 24.4 Å². The molecular formula is C24H18Br2FN3O4. The van der Waals surface area contributed by atoms with Crippen molar-refractivity contribution in [1.82, 2.24) is 5.01 Å². The van der Waals surface area contributed by atoms with Gasteiger partial charge in [-0.25, -0.2) is 4.39 Å². The SMILES string of the molecule is O=C(COc1c(Br)cc(C=NN2C(=O)[C@@H]3[C@H](C2=O)[C@H]2C=C[C@H]3C2)cc1Br)Nc1ccccc1F. The maximum absolute atomic E-state index is 13.7. The van der Waals surface area contributed by atoms with Crippen molar-refractivity contribution in [2.75, 3.05) is 11.9 Å². The monoisotopic (exact) mass is 589 g/mol. The van der Waals surface area contributed by atoms with Gasteiger partial charge in [0.1, 0.15) is 11.6 Å². The Balaban J connectivity index is 1.24. The van der Waals surface area contributed by atoms with Gasteiger partial charge in [0, 0.05) is 0 Å². The summed E-state index contributed by atoms with van der Waals surface area (Å²) in [7, 11) is 0. The summed E-state index contributed by atoms with van der Waals surface area (Å²) in [4.78, 5) is 37.7. The van der Waals surface area contributed by atoms with E-state index in [1.54, 1.807) is 18.2 Å². The molecule has 34 heavy (non-hydrogen) atoms. The number of allylic oxidation sites excluding steroid dienone is 2. The molecule has 1 aliphatic heterocycles. The molecule has 1 heterocycles. The van der Waals surface area contributed by atoms with E-state index in [2.05, 4.69) is 42.3 Å². The Bertz CT molecular complexity index is 1210. The van der Waals surface area contributed by atoms with E-state index in [4.69, 9.17) is 4.74 Å². The average Bonchev–Trinajstić information content (AvgIpc) is 3.47. The second kappa shape index (κ2) is 9.07. The van der Waals surface area contributed by atoms with E-state index in [-0.39, 0.29) is 47.8 Å². The number of hydrogen-bond donors (Lipinski definition) is 1. The number of hydrazone groups is 1. The van der Waals surface area contributed by atoms with Crippen LogP contribution < -0.4 is 10.1 Å². The van der Waals surface area contributed by atoms with Crippen molar-refractivity contribution in [3.05, 3.63) is 68.9 Å². The summed E-state index contributed by atoms with van der Waals surface area (Å²) >= 11 is 6.81. The van der Waals surface area contributed by atoms with Crippen molar-refractivity contribution in [3.8, 4) is 5.75 Å². The molecule has 2 fully saturated rings. The van der Waals surface area contributed by atoms with Crippen LogP contribution in [0.15, 0.2) is 62.6 Å². The van der Waals surface area contributed by atoms with Gasteiger partial charge in [-0.1, -0.05) is 24.3 Å². The molecule has 10 heteroatoms. The Morgan fingerprint density at radius 3 is 2.35 bits per heavy atom. The topological polar surface area (TPSA) is 88.1 Å². The number of nitrogens with one attached hydrogen (secondary N) is 1. The molecule has 3 aliphatic rings. The number of imide groups is 1. The predicted octanol–water partition coefficient (Wildman–Crippen LogP) is 4.51. The van der Waals surface area contributed by atoms with Crippen LogP contribution in [0.4, 0.5) is 10.1 Å². The fourth-order valence-electron chi connectivity index (χ4n) is 4.80. The number of anilines is 1. The Morgan fingerprint density at radius 2 is 1.74 bits per heavy atom. The minimum atomic E-state index is -0.538. The van der Waals surface area contributed by atoms with Crippen LogP contribution in [0.25, 0.3) is 0 Å². The number of carbonyl (C=O) groups excluding carboxylic acids is 3. The summed E-state index contributed by atoms with van der Waals surface area (Å²) in [6.07, 6.45) is 6.38. The molecule has 0 aromatic heterocycles. The minimum absolute atomic E-state index is 0.0692. The zero-order chi connectivity index (χ0) is 24.0. The highest BCUT2D eigenvalue weighted by Crippen LogP contribution is 2.52. The number of benzene rings is 2. The second-order valence-corrected chi connectivity index (χ2v) is 10.1. The van der Waals surface area contributed by atoms with Gasteiger partial charge in [-0.2, -0.15) is 10.1 Å². The van der Waals surface area contributed by atoms with E-state index < -0.39 is 11.7 Å². The maximum atomic E-state index is 13.7. The lowest BCUT2D eigenvalue weighted by atomic mass is 9.85. The molecule has 2 aliphatic carbocycles. The number of ether oxygens (including phenoxy) is 1. The zero-order valence-electron chi connectivity index (χ0n) is 17.6. The first-order valence-corrected chi connectivity index (χ1v) is 12.2. The van der Waals surface area contributed by atoms with Crippen molar-refractivity contribution in [1.29, 1.82) is 0 Å². The highest BCUT2D eigenvalue weighted by atomic mass is 79.9. The number of carbonyl (C=O) groups is 3. The summed E-state index contributed by atoms with van der Waals surface area (Å²) in [6, 6.07) is 9.23. The van der Waals surface area contributed by atoms with Gasteiger partial charge in [0.15, 0.2) is 6.61 Å². The summed E-state index contributed by atoms with van der Waals surface area (Å²) in [5.41, 5.74) is 0.681. The highest BCUT2D eigenvalue weighted by Gasteiger charge is 2.59.